The molecule has 29 heavy (non-hydrogen) atoms. The van der Waals surface area contributed by atoms with Gasteiger partial charge in [-0.3, -0.25) is 14.4 Å². The molecule has 0 saturated carbocycles. The van der Waals surface area contributed by atoms with Gasteiger partial charge < -0.3 is 14.4 Å². The van der Waals surface area contributed by atoms with Crippen molar-refractivity contribution in [3.8, 4) is 11.5 Å². The predicted octanol–water partition coefficient (Wildman–Crippen LogP) is 2.69. The number of carbonyl (C=O) groups excluding carboxylic acids is 1. The second-order valence-corrected chi connectivity index (χ2v) is 6.95. The molecule has 0 atom stereocenters. The molecule has 0 bridgehead atoms. The van der Waals surface area contributed by atoms with Crippen molar-refractivity contribution >= 4 is 5.91 Å². The van der Waals surface area contributed by atoms with E-state index in [9.17, 15) is 13.6 Å². The number of halogens is 2. The Kier molecular flexibility index (Phi) is 6.68. The topological polar surface area (TPSA) is 59.8 Å². The summed E-state index contributed by atoms with van der Waals surface area (Å²) in [6.07, 6.45) is 2.02. The van der Waals surface area contributed by atoms with E-state index in [1.807, 2.05) is 24.9 Å². The van der Waals surface area contributed by atoms with Crippen LogP contribution >= 0.6 is 0 Å². The second kappa shape index (κ2) is 9.21. The Morgan fingerprint density at radius 1 is 1.21 bits per heavy atom. The molecule has 1 fully saturated rings. The predicted molar refractivity (Wildman–Crippen MR) is 103 cm³/mol. The van der Waals surface area contributed by atoms with Crippen molar-refractivity contribution in [2.45, 2.75) is 27.0 Å². The first-order chi connectivity index (χ1) is 13.9. The van der Waals surface area contributed by atoms with E-state index in [0.29, 0.717) is 18.7 Å². The molecule has 0 radical (unpaired) electrons. The van der Waals surface area contributed by atoms with Crippen LogP contribution in [-0.4, -0.2) is 64.9 Å². The van der Waals surface area contributed by atoms with Crippen molar-refractivity contribution in [3.63, 3.8) is 0 Å². The molecule has 0 spiro atoms. The Balaban J connectivity index is 1.62. The molecular formula is C20H26F2N4O3. The fourth-order valence-corrected chi connectivity index (χ4v) is 3.44. The Morgan fingerprint density at radius 2 is 1.93 bits per heavy atom. The standard InChI is InChI=1S/C20H26F2N4O3/c1-4-28-18-11-15(5-6-17(18)29-20(21)22)19(27)26-9-7-25(8-10-26)13-16-12-24(3)23-14(16)2/h5-6,11-12,20H,4,7-10,13H2,1-3H3. The summed E-state index contributed by atoms with van der Waals surface area (Å²) in [6, 6.07) is 4.31. The highest BCUT2D eigenvalue weighted by Gasteiger charge is 2.24. The van der Waals surface area contributed by atoms with Crippen LogP contribution in [0.5, 0.6) is 11.5 Å². The highest BCUT2D eigenvalue weighted by atomic mass is 19.3. The molecule has 2 heterocycles. The lowest BCUT2D eigenvalue weighted by Crippen LogP contribution is -2.48. The Hall–Kier alpha value is -2.68. The van der Waals surface area contributed by atoms with E-state index < -0.39 is 6.61 Å². The molecule has 2 aromatic rings. The molecule has 0 unspecified atom stereocenters. The first-order valence-electron chi connectivity index (χ1n) is 9.59. The van der Waals surface area contributed by atoms with E-state index in [1.54, 1.807) is 11.8 Å². The Labute approximate surface area is 168 Å². The highest BCUT2D eigenvalue weighted by molar-refractivity contribution is 5.95. The van der Waals surface area contributed by atoms with Gasteiger partial charge in [0, 0.05) is 57.1 Å². The molecule has 1 aliphatic heterocycles. The minimum atomic E-state index is -2.95. The van der Waals surface area contributed by atoms with Crippen LogP contribution in [0, 0.1) is 6.92 Å². The number of benzene rings is 1. The average molecular weight is 408 g/mol. The minimum Gasteiger partial charge on any atom is -0.490 e. The van der Waals surface area contributed by atoms with Gasteiger partial charge in [-0.2, -0.15) is 13.9 Å². The third-order valence-electron chi connectivity index (χ3n) is 4.88. The number of hydrogen-bond donors (Lipinski definition) is 0. The van der Waals surface area contributed by atoms with Gasteiger partial charge in [0.1, 0.15) is 0 Å². The zero-order chi connectivity index (χ0) is 21.0. The van der Waals surface area contributed by atoms with Crippen LogP contribution in [0.4, 0.5) is 8.78 Å². The second-order valence-electron chi connectivity index (χ2n) is 6.95. The summed E-state index contributed by atoms with van der Waals surface area (Å²) < 4.78 is 36.7. The van der Waals surface area contributed by atoms with Gasteiger partial charge in [-0.15, -0.1) is 0 Å². The van der Waals surface area contributed by atoms with Crippen LogP contribution in [0.1, 0.15) is 28.5 Å². The van der Waals surface area contributed by atoms with Crippen molar-refractivity contribution in [2.24, 2.45) is 7.05 Å². The fourth-order valence-electron chi connectivity index (χ4n) is 3.44. The largest absolute Gasteiger partial charge is 0.490 e. The summed E-state index contributed by atoms with van der Waals surface area (Å²) in [5.74, 6) is -0.0776. The lowest BCUT2D eigenvalue weighted by Gasteiger charge is -2.34. The summed E-state index contributed by atoms with van der Waals surface area (Å²) >= 11 is 0. The smallest absolute Gasteiger partial charge is 0.387 e. The summed E-state index contributed by atoms with van der Waals surface area (Å²) in [4.78, 5) is 16.9. The zero-order valence-corrected chi connectivity index (χ0v) is 16.9. The molecule has 1 saturated heterocycles. The number of aromatic nitrogens is 2. The molecule has 7 nitrogen and oxygen atoms in total. The van der Waals surface area contributed by atoms with Gasteiger partial charge in [0.25, 0.3) is 5.91 Å². The average Bonchev–Trinajstić information content (AvgIpc) is 3.00. The number of nitrogens with zero attached hydrogens (tertiary/aromatic N) is 4. The molecule has 9 heteroatoms. The lowest BCUT2D eigenvalue weighted by molar-refractivity contribution is -0.0514. The maximum absolute atomic E-state index is 12.9. The van der Waals surface area contributed by atoms with Gasteiger partial charge in [0.05, 0.1) is 12.3 Å². The van der Waals surface area contributed by atoms with E-state index >= 15 is 0 Å². The molecule has 1 aromatic carbocycles. The molecule has 1 aromatic heterocycles. The number of alkyl halides is 2. The van der Waals surface area contributed by atoms with Gasteiger partial charge in [0.2, 0.25) is 0 Å². The molecule has 1 amide bonds. The summed E-state index contributed by atoms with van der Waals surface area (Å²) in [7, 11) is 1.90. The number of piperazine rings is 1. The third kappa shape index (κ3) is 5.23. The fraction of sp³-hybridized carbons (Fsp3) is 0.500. The van der Waals surface area contributed by atoms with Crippen molar-refractivity contribution in [2.75, 3.05) is 32.8 Å². The van der Waals surface area contributed by atoms with E-state index in [2.05, 4.69) is 14.7 Å². The SMILES string of the molecule is CCOc1cc(C(=O)N2CCN(Cc3cn(C)nc3C)CC2)ccc1OC(F)F. The van der Waals surface area contributed by atoms with E-state index in [0.717, 1.165) is 25.3 Å². The first kappa shape index (κ1) is 21.0. The molecule has 1 aliphatic rings. The first-order valence-corrected chi connectivity index (χ1v) is 9.59. The van der Waals surface area contributed by atoms with Crippen LogP contribution in [0.2, 0.25) is 0 Å². The number of ether oxygens (including phenoxy) is 2. The van der Waals surface area contributed by atoms with Gasteiger partial charge in [-0.05, 0) is 32.0 Å². The lowest BCUT2D eigenvalue weighted by atomic mass is 10.1. The minimum absolute atomic E-state index is 0.0740. The highest BCUT2D eigenvalue weighted by Crippen LogP contribution is 2.30. The Morgan fingerprint density at radius 3 is 2.52 bits per heavy atom. The van der Waals surface area contributed by atoms with Gasteiger partial charge in [0.15, 0.2) is 11.5 Å². The maximum Gasteiger partial charge on any atom is 0.387 e. The van der Waals surface area contributed by atoms with E-state index in [-0.39, 0.29) is 24.0 Å². The van der Waals surface area contributed by atoms with Crippen molar-refractivity contribution in [1.29, 1.82) is 0 Å². The molecule has 158 valence electrons. The van der Waals surface area contributed by atoms with E-state index in [4.69, 9.17) is 4.74 Å². The van der Waals surface area contributed by atoms with Crippen molar-refractivity contribution < 1.29 is 23.0 Å². The number of rotatable bonds is 7. The van der Waals surface area contributed by atoms with Gasteiger partial charge >= 0.3 is 6.61 Å². The quantitative estimate of drug-likeness (QED) is 0.705. The number of amides is 1. The van der Waals surface area contributed by atoms with Gasteiger partial charge in [-0.1, -0.05) is 0 Å². The van der Waals surface area contributed by atoms with Crippen molar-refractivity contribution in [3.05, 3.63) is 41.2 Å². The monoisotopic (exact) mass is 408 g/mol. The number of aryl methyl sites for hydroxylation is 2. The van der Waals surface area contributed by atoms with Crippen LogP contribution in [0.3, 0.4) is 0 Å². The molecule has 0 N–H and O–H groups in total. The van der Waals surface area contributed by atoms with Gasteiger partial charge in [-0.25, -0.2) is 0 Å². The molecule has 3 rings (SSSR count). The summed E-state index contributed by atoms with van der Waals surface area (Å²) in [5.41, 5.74) is 2.59. The number of carbonyl (C=O) groups is 1. The third-order valence-corrected chi connectivity index (χ3v) is 4.88. The molecule has 0 aliphatic carbocycles. The van der Waals surface area contributed by atoms with Crippen LogP contribution in [0.25, 0.3) is 0 Å². The van der Waals surface area contributed by atoms with Crippen LogP contribution in [-0.2, 0) is 13.6 Å². The summed E-state index contributed by atoms with van der Waals surface area (Å²) in [5, 5.41) is 4.36. The zero-order valence-electron chi connectivity index (χ0n) is 16.9. The number of hydrogen-bond acceptors (Lipinski definition) is 5. The maximum atomic E-state index is 12.9. The Bertz CT molecular complexity index is 848. The van der Waals surface area contributed by atoms with Crippen molar-refractivity contribution in [1.82, 2.24) is 19.6 Å². The van der Waals surface area contributed by atoms with Crippen LogP contribution < -0.4 is 9.47 Å². The summed E-state index contributed by atoms with van der Waals surface area (Å²) in [6.45, 7) is 4.56. The van der Waals surface area contributed by atoms with Crippen LogP contribution in [0.15, 0.2) is 24.4 Å². The normalized spacial score (nSPS) is 15.0. The molecular weight excluding hydrogens is 382 g/mol. The van der Waals surface area contributed by atoms with E-state index in [1.165, 1.54) is 23.8 Å².